The minimum absolute atomic E-state index is 0.00963. The number of carbonyl (C=O) groups is 3. The summed E-state index contributed by atoms with van der Waals surface area (Å²) in [5.74, 6) is -1.73. The molecule has 0 spiro atoms. The lowest BCUT2D eigenvalue weighted by atomic mass is 10.0. The van der Waals surface area contributed by atoms with Gasteiger partial charge in [-0.3, -0.25) is 19.2 Å². The number of H-pyrrole nitrogens is 1. The number of amides is 1. The van der Waals surface area contributed by atoms with Gasteiger partial charge in [0.25, 0.3) is 20.6 Å². The molecule has 1 amide bonds. The lowest BCUT2D eigenvalue weighted by Gasteiger charge is -2.38. The second kappa shape index (κ2) is 26.6. The van der Waals surface area contributed by atoms with E-state index in [0.717, 1.165) is 11.1 Å². The van der Waals surface area contributed by atoms with Crippen LogP contribution in [0.2, 0.25) is 19.6 Å². The summed E-state index contributed by atoms with van der Waals surface area (Å²) in [4.78, 5) is 69.7. The first-order valence-electron chi connectivity index (χ1n) is 23.4. The second-order valence-electron chi connectivity index (χ2n) is 18.3. The van der Waals surface area contributed by atoms with Crippen LogP contribution in [0.25, 0.3) is 11.0 Å². The van der Waals surface area contributed by atoms with E-state index in [0.29, 0.717) is 0 Å². The van der Waals surface area contributed by atoms with Crippen molar-refractivity contribution in [3.63, 3.8) is 0 Å². The summed E-state index contributed by atoms with van der Waals surface area (Å²) in [5, 5.41) is 2.75. The second-order valence-corrected chi connectivity index (χ2v) is 26.5. The van der Waals surface area contributed by atoms with E-state index in [1.165, 1.54) is 27.3 Å². The minimum atomic E-state index is -4.69. The summed E-state index contributed by atoms with van der Waals surface area (Å²) in [7, 11) is -7.74. The number of ether oxygens (including phenoxy) is 6. The number of carbonyl (C=O) groups excluding carboxylic acids is 3. The summed E-state index contributed by atoms with van der Waals surface area (Å²) < 4.78 is 72.5. The van der Waals surface area contributed by atoms with Gasteiger partial charge in [0.1, 0.15) is 43.4 Å². The molecule has 1 fully saturated rings. The van der Waals surface area contributed by atoms with Crippen LogP contribution in [0.4, 0.5) is 5.82 Å². The van der Waals surface area contributed by atoms with Crippen molar-refractivity contribution in [1.82, 2.24) is 19.2 Å². The quantitative estimate of drug-likeness (QED) is 0.0180. The van der Waals surface area contributed by atoms with E-state index < -0.39 is 93.0 Å². The van der Waals surface area contributed by atoms with Crippen molar-refractivity contribution in [2.45, 2.75) is 124 Å². The van der Waals surface area contributed by atoms with Crippen molar-refractivity contribution in [2.24, 2.45) is 5.92 Å². The molecular weight excluding hydrogens is 978 g/mol. The molecule has 1 aliphatic rings. The van der Waals surface area contributed by atoms with Crippen LogP contribution in [0.15, 0.2) is 77.9 Å². The standard InChI is InChI=1S/C47H70N5O16PSi2/c1-30(2)44(55)49-39-27-37-40(45(56)50-39)48-29-51(37)46-43(65-47(61-25-23-59-33(7)53)62-26-24-60-34(8)54)42(66-69(58-9)52(31(3)4)32(5)6)38(64-46)28-63-71(57,68-70(10,11)12)67-41(35-19-15-13-16-20-35)36-21-17-14-18-22-36/h13-22,27,29-32,38,41-43,46-47,57H,23-26,28H2,1-12H3,(H2,49,50,55,56)/t38-,42?,43?,46-,69?,71?/m1/s1. The molecule has 0 bridgehead atoms. The summed E-state index contributed by atoms with van der Waals surface area (Å²) in [5.41, 5.74) is 1.13. The van der Waals surface area contributed by atoms with Gasteiger partial charge >= 0.3 is 21.0 Å². The zero-order valence-corrected chi connectivity index (χ0v) is 45.4. The van der Waals surface area contributed by atoms with Crippen molar-refractivity contribution in [1.29, 1.82) is 0 Å². The fraction of sp³-hybridized carbons (Fsp3) is 0.553. The monoisotopic (exact) mass is 1050 g/mol. The molecule has 4 unspecified atom stereocenters. The zero-order chi connectivity index (χ0) is 52.0. The molecule has 1 saturated heterocycles. The number of esters is 2. The van der Waals surface area contributed by atoms with E-state index in [1.807, 2.05) is 113 Å². The molecule has 71 heavy (non-hydrogen) atoms. The highest BCUT2D eigenvalue weighted by Gasteiger charge is 2.54. The molecule has 0 aliphatic carbocycles. The van der Waals surface area contributed by atoms with Crippen LogP contribution in [0, 0.1) is 5.92 Å². The van der Waals surface area contributed by atoms with Crippen molar-refractivity contribution in [3.05, 3.63) is 94.5 Å². The van der Waals surface area contributed by atoms with Gasteiger partial charge in [-0.05, 0) is 58.5 Å². The SMILES string of the molecule is COP(OC1C(OC(OCCOC(C)=O)OCCOC(C)=O)[C@H](n2cnc3c(=O)[nH]c(NC(=O)C(C)C)cc32)O[C@@H]1CO[Si](O)(OC(c1ccccc1)c1ccccc1)O[Si](C)(C)C)N(C(C)C)C(C)C. The number of hydrogen-bond acceptors (Lipinski definition) is 18. The number of aromatic nitrogens is 3. The first kappa shape index (κ1) is 57.6. The van der Waals surface area contributed by atoms with E-state index >= 15 is 0 Å². The highest BCUT2D eigenvalue weighted by Crippen LogP contribution is 2.50. The fourth-order valence-corrected chi connectivity index (χ4v) is 13.6. The Balaban J connectivity index is 1.66. The third-order valence-corrected chi connectivity index (χ3v) is 17.0. The largest absolute Gasteiger partial charge is 0.667 e. The van der Waals surface area contributed by atoms with Gasteiger partial charge in [0.2, 0.25) is 5.91 Å². The number of nitrogens with one attached hydrogen (secondary N) is 2. The molecule has 5 rings (SSSR count). The van der Waals surface area contributed by atoms with E-state index in [1.54, 1.807) is 24.5 Å². The molecular formula is C47H70N5O16PSi2. The maximum absolute atomic E-state index is 13.6. The molecule has 392 valence electrons. The number of anilines is 1. The Morgan fingerprint density at radius 2 is 1.44 bits per heavy atom. The third-order valence-electron chi connectivity index (χ3n) is 10.4. The Labute approximate surface area is 418 Å². The molecule has 2 aromatic heterocycles. The van der Waals surface area contributed by atoms with E-state index in [-0.39, 0.29) is 61.3 Å². The molecule has 21 nitrogen and oxygen atoms in total. The number of aromatic amines is 1. The topological polar surface area (TPSA) is 239 Å². The molecule has 6 atom stereocenters. The molecule has 1 aliphatic heterocycles. The molecule has 0 radical (unpaired) electrons. The van der Waals surface area contributed by atoms with Gasteiger partial charge in [-0.15, -0.1) is 0 Å². The number of benzene rings is 2. The van der Waals surface area contributed by atoms with E-state index in [2.05, 4.69) is 15.3 Å². The third kappa shape index (κ3) is 16.9. The number of pyridine rings is 1. The predicted octanol–water partition coefficient (Wildman–Crippen LogP) is 6.52. The van der Waals surface area contributed by atoms with Crippen LogP contribution >= 0.6 is 8.53 Å². The van der Waals surface area contributed by atoms with Gasteiger partial charge in [0.05, 0.1) is 31.7 Å². The average molecular weight is 1050 g/mol. The summed E-state index contributed by atoms with van der Waals surface area (Å²) in [6.45, 7) is 17.0. The maximum Gasteiger partial charge on any atom is 0.667 e. The molecule has 3 N–H and O–H groups in total. The lowest BCUT2D eigenvalue weighted by molar-refractivity contribution is -0.320. The minimum Gasteiger partial charge on any atom is -0.463 e. The molecule has 0 saturated carbocycles. The van der Waals surface area contributed by atoms with Gasteiger partial charge in [0, 0.05) is 45.0 Å². The Bertz CT molecular complexity index is 2310. The van der Waals surface area contributed by atoms with Crippen molar-refractivity contribution >= 4 is 60.6 Å². The lowest BCUT2D eigenvalue weighted by Crippen LogP contribution is -2.55. The number of imidazole rings is 1. The van der Waals surface area contributed by atoms with Crippen molar-refractivity contribution < 1.29 is 69.6 Å². The highest BCUT2D eigenvalue weighted by atomic mass is 31.2. The molecule has 3 heterocycles. The number of nitrogens with zero attached hydrogens (tertiary/aromatic N) is 3. The Morgan fingerprint density at radius 3 is 1.93 bits per heavy atom. The van der Waals surface area contributed by atoms with Crippen LogP contribution in [-0.2, 0) is 64.8 Å². The molecule has 2 aromatic carbocycles. The maximum atomic E-state index is 13.6. The predicted molar refractivity (Wildman–Crippen MR) is 267 cm³/mol. The van der Waals surface area contributed by atoms with E-state index in [9.17, 15) is 24.0 Å². The van der Waals surface area contributed by atoms with Crippen LogP contribution in [0.1, 0.15) is 78.8 Å². The van der Waals surface area contributed by atoms with Gasteiger partial charge in [0.15, 0.2) is 20.1 Å². The smallest absolute Gasteiger partial charge is 0.463 e. The van der Waals surface area contributed by atoms with E-state index in [4.69, 9.17) is 50.4 Å². The van der Waals surface area contributed by atoms with Crippen molar-refractivity contribution in [2.75, 3.05) is 45.5 Å². The fourth-order valence-electron chi connectivity index (χ4n) is 7.51. The molecule has 24 heteroatoms. The summed E-state index contributed by atoms with van der Waals surface area (Å²) in [6.07, 6.45) is -4.26. The number of hydrogen-bond donors (Lipinski definition) is 3. The van der Waals surface area contributed by atoms with Crippen LogP contribution in [-0.4, -0.2) is 136 Å². The first-order valence-corrected chi connectivity index (χ1v) is 29.7. The number of fused-ring (bicyclic) bond motifs is 1. The first-order chi connectivity index (χ1) is 33.6. The van der Waals surface area contributed by atoms with Gasteiger partial charge in [-0.2, -0.15) is 0 Å². The Morgan fingerprint density at radius 1 is 0.873 bits per heavy atom. The summed E-state index contributed by atoms with van der Waals surface area (Å²) >= 11 is 0. The van der Waals surface area contributed by atoms with Crippen LogP contribution in [0.3, 0.4) is 0 Å². The Kier molecular flexibility index (Phi) is 21.6. The zero-order valence-electron chi connectivity index (χ0n) is 42.5. The van der Waals surface area contributed by atoms with Crippen molar-refractivity contribution in [3.8, 4) is 0 Å². The van der Waals surface area contributed by atoms with Gasteiger partial charge in [-0.1, -0.05) is 74.5 Å². The van der Waals surface area contributed by atoms with Gasteiger partial charge < -0.3 is 70.1 Å². The summed E-state index contributed by atoms with van der Waals surface area (Å²) in [6, 6.07) is 20.2. The normalized spacial score (nSPS) is 18.8. The molecule has 4 aromatic rings. The van der Waals surface area contributed by atoms with Crippen LogP contribution in [0.5, 0.6) is 0 Å². The number of rotatable bonds is 28. The average Bonchev–Trinajstić information content (AvgIpc) is 3.87. The highest BCUT2D eigenvalue weighted by molar-refractivity contribution is 7.44. The van der Waals surface area contributed by atoms with Gasteiger partial charge in [-0.25, -0.2) is 9.65 Å². The van der Waals surface area contributed by atoms with Crippen LogP contribution < -0.4 is 10.9 Å². The Hall–Kier alpha value is -4.31.